The average molecular weight is 452 g/mol. The summed E-state index contributed by atoms with van der Waals surface area (Å²) in [5, 5.41) is 12.6. The summed E-state index contributed by atoms with van der Waals surface area (Å²) in [6, 6.07) is 9.47. The normalized spacial score (nSPS) is 29.0. The van der Waals surface area contributed by atoms with Crippen LogP contribution in [0.3, 0.4) is 0 Å². The van der Waals surface area contributed by atoms with Crippen LogP contribution in [0.4, 0.5) is 4.39 Å². The second-order valence-electron chi connectivity index (χ2n) is 9.72. The predicted octanol–water partition coefficient (Wildman–Crippen LogP) is 4.82. The number of halogens is 1. The van der Waals surface area contributed by atoms with Crippen molar-refractivity contribution in [2.24, 2.45) is 16.8 Å². The number of carboxylic acids is 1. The van der Waals surface area contributed by atoms with Crippen LogP contribution in [0.15, 0.2) is 41.5 Å². The number of pyridine rings is 1. The summed E-state index contributed by atoms with van der Waals surface area (Å²) in [5.74, 6) is 0.577. The molecule has 1 aliphatic heterocycles. The van der Waals surface area contributed by atoms with Crippen LogP contribution in [-0.4, -0.2) is 40.1 Å². The predicted molar refractivity (Wildman–Crippen MR) is 124 cm³/mol. The highest BCUT2D eigenvalue weighted by molar-refractivity contribution is 6.01. The van der Waals surface area contributed by atoms with Crippen molar-refractivity contribution >= 4 is 11.8 Å². The van der Waals surface area contributed by atoms with Gasteiger partial charge in [0, 0.05) is 17.8 Å². The standard InChI is InChI=1S/C26H30FN3O3/c1-15-2-10-22-23(12-15)30-25(29-22)20-9-5-17(13-21(20)27)18-6-11-24(28-14-18)33-19-7-3-16(4-8-19)26(31)32/h5-6,9,11,13-16,19,22-23H,2-4,7-8,10,12H2,1H3,(H,29,30)(H,31,32)/t15?,16-,19+,22?,23?. The molecule has 0 saturated heterocycles. The maximum Gasteiger partial charge on any atom is 0.306 e. The molecular formula is C26H30FN3O3. The number of aliphatic imine (C=N–C) groups is 1. The number of aliphatic carboxylic acids is 1. The zero-order chi connectivity index (χ0) is 22.9. The van der Waals surface area contributed by atoms with Gasteiger partial charge in [-0.05, 0) is 74.6 Å². The van der Waals surface area contributed by atoms with Gasteiger partial charge in [0.25, 0.3) is 0 Å². The van der Waals surface area contributed by atoms with Crippen LogP contribution in [-0.2, 0) is 4.79 Å². The Morgan fingerprint density at radius 1 is 1.09 bits per heavy atom. The second kappa shape index (κ2) is 9.12. The lowest BCUT2D eigenvalue weighted by molar-refractivity contribution is -0.143. The Labute approximate surface area is 193 Å². The molecule has 2 aliphatic carbocycles. The molecule has 3 unspecified atom stereocenters. The van der Waals surface area contributed by atoms with Crippen molar-refractivity contribution in [3.05, 3.63) is 47.9 Å². The van der Waals surface area contributed by atoms with Crippen molar-refractivity contribution in [2.75, 3.05) is 0 Å². The number of rotatable bonds is 5. The number of fused-ring (bicyclic) bond motifs is 1. The lowest BCUT2D eigenvalue weighted by Crippen LogP contribution is -2.39. The fourth-order valence-corrected chi connectivity index (χ4v) is 5.31. The highest BCUT2D eigenvalue weighted by atomic mass is 19.1. The molecule has 2 heterocycles. The van der Waals surface area contributed by atoms with E-state index < -0.39 is 5.97 Å². The number of carbonyl (C=O) groups is 1. The molecule has 5 rings (SSSR count). The fraction of sp³-hybridized carbons (Fsp3) is 0.500. The van der Waals surface area contributed by atoms with Gasteiger partial charge in [-0.2, -0.15) is 0 Å². The Kier molecular flexibility index (Phi) is 6.04. The van der Waals surface area contributed by atoms with Gasteiger partial charge < -0.3 is 15.2 Å². The number of aromatic nitrogens is 1. The third-order valence-electron chi connectivity index (χ3n) is 7.30. The maximum absolute atomic E-state index is 15.0. The van der Waals surface area contributed by atoms with E-state index in [9.17, 15) is 4.79 Å². The molecule has 33 heavy (non-hydrogen) atoms. The first-order chi connectivity index (χ1) is 16.0. The smallest absolute Gasteiger partial charge is 0.306 e. The van der Waals surface area contributed by atoms with Gasteiger partial charge in [-0.3, -0.25) is 9.79 Å². The molecule has 2 fully saturated rings. The van der Waals surface area contributed by atoms with Crippen LogP contribution in [0.5, 0.6) is 5.88 Å². The Hall–Kier alpha value is -2.96. The third-order valence-corrected chi connectivity index (χ3v) is 7.30. The molecule has 2 N–H and O–H groups in total. The van der Waals surface area contributed by atoms with Crippen LogP contribution in [0, 0.1) is 17.7 Å². The Morgan fingerprint density at radius 2 is 1.88 bits per heavy atom. The lowest BCUT2D eigenvalue weighted by atomic mass is 9.84. The highest BCUT2D eigenvalue weighted by Gasteiger charge is 2.34. The van der Waals surface area contributed by atoms with E-state index in [1.165, 1.54) is 12.5 Å². The molecule has 3 atom stereocenters. The van der Waals surface area contributed by atoms with E-state index in [1.807, 2.05) is 12.1 Å². The topological polar surface area (TPSA) is 83.8 Å². The zero-order valence-corrected chi connectivity index (χ0v) is 18.8. The Morgan fingerprint density at radius 3 is 2.58 bits per heavy atom. The van der Waals surface area contributed by atoms with Gasteiger partial charge in [-0.25, -0.2) is 9.37 Å². The van der Waals surface area contributed by atoms with Crippen LogP contribution < -0.4 is 10.1 Å². The SMILES string of the molecule is CC1CCC2N=C(c3ccc(-c4ccc(O[C@H]5CC[C@@H](C(=O)O)CC5)nc4)cc3F)NC2C1. The second-order valence-corrected chi connectivity index (χ2v) is 9.72. The largest absolute Gasteiger partial charge is 0.481 e. The van der Waals surface area contributed by atoms with E-state index in [4.69, 9.17) is 14.8 Å². The number of nitrogens with one attached hydrogen (secondary N) is 1. The summed E-state index contributed by atoms with van der Waals surface area (Å²) in [6.45, 7) is 2.26. The van der Waals surface area contributed by atoms with Crippen molar-refractivity contribution in [3.8, 4) is 17.0 Å². The number of amidine groups is 1. The molecular weight excluding hydrogens is 421 g/mol. The summed E-state index contributed by atoms with van der Waals surface area (Å²) in [6.07, 6.45) is 7.68. The first-order valence-electron chi connectivity index (χ1n) is 12.0. The third kappa shape index (κ3) is 4.72. The number of carboxylic acid groups (broad SMARTS) is 1. The van der Waals surface area contributed by atoms with Gasteiger partial charge in [0.2, 0.25) is 5.88 Å². The Balaban J connectivity index is 1.23. The molecule has 0 radical (unpaired) electrons. The first kappa shape index (κ1) is 21.9. The lowest BCUT2D eigenvalue weighted by Gasteiger charge is -2.28. The minimum absolute atomic E-state index is 0.0120. The molecule has 1 aromatic carbocycles. The monoisotopic (exact) mass is 451 g/mol. The molecule has 1 aromatic heterocycles. The number of hydrogen-bond acceptors (Lipinski definition) is 5. The van der Waals surface area contributed by atoms with Gasteiger partial charge in [0.15, 0.2) is 0 Å². The van der Waals surface area contributed by atoms with E-state index in [0.717, 1.165) is 24.0 Å². The number of nitrogens with zero attached hydrogens (tertiary/aromatic N) is 2. The Bertz CT molecular complexity index is 1050. The number of ether oxygens (including phenoxy) is 1. The van der Waals surface area contributed by atoms with E-state index in [2.05, 4.69) is 17.2 Å². The zero-order valence-electron chi connectivity index (χ0n) is 18.8. The first-order valence-corrected chi connectivity index (χ1v) is 12.0. The van der Waals surface area contributed by atoms with E-state index in [0.29, 0.717) is 54.9 Å². The van der Waals surface area contributed by atoms with Crippen molar-refractivity contribution in [1.29, 1.82) is 0 Å². The quantitative estimate of drug-likeness (QED) is 0.681. The highest BCUT2D eigenvalue weighted by Crippen LogP contribution is 2.31. The summed E-state index contributed by atoms with van der Waals surface area (Å²) < 4.78 is 20.9. The minimum Gasteiger partial charge on any atom is -0.481 e. The van der Waals surface area contributed by atoms with Crippen molar-refractivity contribution in [2.45, 2.75) is 70.1 Å². The molecule has 6 nitrogen and oxygen atoms in total. The van der Waals surface area contributed by atoms with Gasteiger partial charge >= 0.3 is 5.97 Å². The van der Waals surface area contributed by atoms with Gasteiger partial charge in [0.1, 0.15) is 17.8 Å². The van der Waals surface area contributed by atoms with E-state index in [-0.39, 0.29) is 23.9 Å². The number of benzene rings is 1. The van der Waals surface area contributed by atoms with Crippen molar-refractivity contribution in [3.63, 3.8) is 0 Å². The van der Waals surface area contributed by atoms with Crippen molar-refractivity contribution in [1.82, 2.24) is 10.3 Å². The molecule has 0 amide bonds. The molecule has 0 spiro atoms. The summed E-state index contributed by atoms with van der Waals surface area (Å²) in [4.78, 5) is 20.2. The van der Waals surface area contributed by atoms with Crippen LogP contribution in [0.2, 0.25) is 0 Å². The van der Waals surface area contributed by atoms with E-state index in [1.54, 1.807) is 18.3 Å². The molecule has 174 valence electrons. The minimum atomic E-state index is -0.724. The van der Waals surface area contributed by atoms with Crippen LogP contribution >= 0.6 is 0 Å². The molecule has 3 aliphatic rings. The summed E-state index contributed by atoms with van der Waals surface area (Å²) in [5.41, 5.74) is 2.08. The molecule has 7 heteroatoms. The van der Waals surface area contributed by atoms with Gasteiger partial charge in [-0.1, -0.05) is 13.0 Å². The van der Waals surface area contributed by atoms with Crippen LogP contribution in [0.1, 0.15) is 57.4 Å². The average Bonchev–Trinajstić information content (AvgIpc) is 3.22. The maximum atomic E-state index is 15.0. The fourth-order valence-electron chi connectivity index (χ4n) is 5.31. The molecule has 2 aromatic rings. The van der Waals surface area contributed by atoms with Crippen molar-refractivity contribution < 1.29 is 19.0 Å². The molecule has 0 bridgehead atoms. The molecule has 2 saturated carbocycles. The van der Waals surface area contributed by atoms with Crippen LogP contribution in [0.25, 0.3) is 11.1 Å². The van der Waals surface area contributed by atoms with E-state index >= 15 is 4.39 Å². The van der Waals surface area contributed by atoms with Gasteiger partial charge in [-0.15, -0.1) is 0 Å². The number of hydrogen-bond donors (Lipinski definition) is 2. The van der Waals surface area contributed by atoms with Gasteiger partial charge in [0.05, 0.1) is 23.6 Å². The summed E-state index contributed by atoms with van der Waals surface area (Å²) in [7, 11) is 0. The summed E-state index contributed by atoms with van der Waals surface area (Å²) >= 11 is 0.